The molecule has 1 rings (SSSR count). The summed E-state index contributed by atoms with van der Waals surface area (Å²) in [5.74, 6) is 7.70. The Hall–Kier alpha value is -0.520. The highest BCUT2D eigenvalue weighted by atomic mass is 32.2. The number of thiophene rings is 1. The van der Waals surface area contributed by atoms with Gasteiger partial charge in [-0.3, -0.25) is 10.2 Å². The van der Waals surface area contributed by atoms with Gasteiger partial charge in [-0.2, -0.15) is 11.8 Å². The van der Waals surface area contributed by atoms with Crippen LogP contribution in [0.25, 0.3) is 0 Å². The van der Waals surface area contributed by atoms with Crippen molar-refractivity contribution in [2.75, 3.05) is 5.75 Å². The summed E-state index contributed by atoms with van der Waals surface area (Å²) in [6.45, 7) is 4.44. The van der Waals surface area contributed by atoms with Crippen LogP contribution in [0.3, 0.4) is 0 Å². The number of thioether (sulfide) groups is 1. The van der Waals surface area contributed by atoms with E-state index >= 15 is 0 Å². The zero-order chi connectivity index (χ0) is 12.0. The lowest BCUT2D eigenvalue weighted by Crippen LogP contribution is -2.29. The third-order valence-corrected chi connectivity index (χ3v) is 4.18. The predicted octanol–water partition coefficient (Wildman–Crippen LogP) is 2.63. The largest absolute Gasteiger partial charge is 0.289 e. The average molecular weight is 258 g/mol. The van der Waals surface area contributed by atoms with Crippen molar-refractivity contribution < 1.29 is 4.79 Å². The first-order valence-corrected chi connectivity index (χ1v) is 7.33. The molecule has 0 saturated heterocycles. The van der Waals surface area contributed by atoms with E-state index in [4.69, 9.17) is 5.84 Å². The maximum absolute atomic E-state index is 11.4. The van der Waals surface area contributed by atoms with Gasteiger partial charge in [-0.25, -0.2) is 5.84 Å². The fraction of sp³-hybridized carbons (Fsp3) is 0.545. The van der Waals surface area contributed by atoms with Crippen LogP contribution in [0.2, 0.25) is 0 Å². The number of carbonyl (C=O) groups is 1. The molecule has 0 aliphatic heterocycles. The first-order valence-electron chi connectivity index (χ1n) is 5.30. The molecule has 3 nitrogen and oxygen atoms in total. The molecule has 1 aromatic rings. The number of nitrogens with one attached hydrogen (secondary N) is 1. The molecule has 5 heteroatoms. The van der Waals surface area contributed by atoms with Crippen LogP contribution < -0.4 is 11.3 Å². The van der Waals surface area contributed by atoms with E-state index in [0.29, 0.717) is 0 Å². The fourth-order valence-corrected chi connectivity index (χ4v) is 3.38. The van der Waals surface area contributed by atoms with Crippen molar-refractivity contribution in [2.45, 2.75) is 26.0 Å². The lowest BCUT2D eigenvalue weighted by Gasteiger charge is -2.05. The third-order valence-electron chi connectivity index (χ3n) is 2.18. The van der Waals surface area contributed by atoms with Crippen LogP contribution in [-0.2, 0) is 5.75 Å². The highest BCUT2D eigenvalue weighted by molar-refractivity contribution is 7.98. The summed E-state index contributed by atoms with van der Waals surface area (Å²) in [5, 5.41) is 1.93. The second kappa shape index (κ2) is 6.93. The molecule has 0 fully saturated rings. The number of nitrogens with two attached hydrogens (primary N) is 1. The minimum Gasteiger partial charge on any atom is -0.289 e. The normalized spacial score (nSPS) is 10.8. The van der Waals surface area contributed by atoms with Crippen LogP contribution in [0.15, 0.2) is 11.4 Å². The van der Waals surface area contributed by atoms with Crippen molar-refractivity contribution in [3.63, 3.8) is 0 Å². The molecule has 0 spiro atoms. The summed E-state index contributed by atoms with van der Waals surface area (Å²) in [7, 11) is 0. The number of rotatable bonds is 6. The monoisotopic (exact) mass is 258 g/mol. The average Bonchev–Trinajstić information content (AvgIpc) is 2.71. The topological polar surface area (TPSA) is 55.1 Å². The molecule has 0 atom stereocenters. The molecule has 1 aromatic heterocycles. The third kappa shape index (κ3) is 4.15. The van der Waals surface area contributed by atoms with E-state index in [1.165, 1.54) is 17.8 Å². The van der Waals surface area contributed by atoms with Crippen LogP contribution in [0.4, 0.5) is 0 Å². The SMILES string of the molecule is CC(C)CCSCc1ccsc1C(=O)NN. The number of hydrogen-bond acceptors (Lipinski definition) is 4. The van der Waals surface area contributed by atoms with Crippen molar-refractivity contribution in [1.29, 1.82) is 0 Å². The van der Waals surface area contributed by atoms with Crippen molar-refractivity contribution in [1.82, 2.24) is 5.43 Å². The molecule has 0 saturated carbocycles. The number of carbonyl (C=O) groups excluding carboxylic acids is 1. The van der Waals surface area contributed by atoms with Crippen LogP contribution in [0.1, 0.15) is 35.5 Å². The molecule has 0 radical (unpaired) electrons. The standard InChI is InChI=1S/C11H18N2OS2/c1-8(2)3-5-15-7-9-4-6-16-10(9)11(14)13-12/h4,6,8H,3,5,7,12H2,1-2H3,(H,13,14). The van der Waals surface area contributed by atoms with Crippen molar-refractivity contribution >= 4 is 29.0 Å². The zero-order valence-corrected chi connectivity index (χ0v) is 11.3. The Morgan fingerprint density at radius 1 is 1.62 bits per heavy atom. The van der Waals surface area contributed by atoms with Crippen molar-refractivity contribution in [3.05, 3.63) is 21.9 Å². The summed E-state index contributed by atoms with van der Waals surface area (Å²) >= 11 is 3.31. The zero-order valence-electron chi connectivity index (χ0n) is 9.66. The molecule has 1 amide bonds. The van der Waals surface area contributed by atoms with Gasteiger partial charge in [-0.05, 0) is 35.1 Å². The van der Waals surface area contributed by atoms with Crippen LogP contribution >= 0.6 is 23.1 Å². The Bertz CT molecular complexity index is 336. The first kappa shape index (κ1) is 13.5. The Morgan fingerprint density at radius 3 is 3.00 bits per heavy atom. The van der Waals surface area contributed by atoms with Gasteiger partial charge in [0.1, 0.15) is 0 Å². The van der Waals surface area contributed by atoms with Crippen LogP contribution in [0.5, 0.6) is 0 Å². The van der Waals surface area contributed by atoms with E-state index in [1.54, 1.807) is 0 Å². The highest BCUT2D eigenvalue weighted by Crippen LogP contribution is 2.22. The van der Waals surface area contributed by atoms with Gasteiger partial charge >= 0.3 is 0 Å². The Labute approximate surface area is 105 Å². The molecular weight excluding hydrogens is 240 g/mol. The van der Waals surface area contributed by atoms with Gasteiger partial charge in [-0.1, -0.05) is 13.8 Å². The predicted molar refractivity (Wildman–Crippen MR) is 71.6 cm³/mol. The second-order valence-corrected chi connectivity index (χ2v) is 6.00. The minimum absolute atomic E-state index is 0.186. The van der Waals surface area contributed by atoms with Gasteiger partial charge in [0.05, 0.1) is 4.88 Å². The minimum atomic E-state index is -0.186. The van der Waals surface area contributed by atoms with Crippen LogP contribution in [0, 0.1) is 5.92 Å². The molecule has 3 N–H and O–H groups in total. The molecule has 0 bridgehead atoms. The molecule has 0 aliphatic rings. The molecule has 0 aliphatic carbocycles. The Morgan fingerprint density at radius 2 is 2.38 bits per heavy atom. The molecular formula is C11H18N2OS2. The van der Waals surface area contributed by atoms with E-state index in [2.05, 4.69) is 19.3 Å². The first-order chi connectivity index (χ1) is 7.65. The number of amides is 1. The quantitative estimate of drug-likeness (QED) is 0.357. The van der Waals surface area contributed by atoms with Gasteiger partial charge < -0.3 is 0 Å². The summed E-state index contributed by atoms with van der Waals surface area (Å²) < 4.78 is 0. The summed E-state index contributed by atoms with van der Waals surface area (Å²) in [6, 6.07) is 2.00. The smallest absolute Gasteiger partial charge is 0.275 e. The maximum atomic E-state index is 11.4. The molecule has 1 heterocycles. The van der Waals surface area contributed by atoms with E-state index in [-0.39, 0.29) is 5.91 Å². The molecule has 0 aromatic carbocycles. The van der Waals surface area contributed by atoms with E-state index in [9.17, 15) is 4.79 Å². The number of nitrogen functional groups attached to an aromatic ring is 1. The number of hydrazine groups is 1. The number of hydrogen-bond donors (Lipinski definition) is 2. The Balaban J connectivity index is 2.42. The van der Waals surface area contributed by atoms with Crippen LogP contribution in [-0.4, -0.2) is 11.7 Å². The van der Waals surface area contributed by atoms with Gasteiger partial charge in [0.2, 0.25) is 0 Å². The summed E-state index contributed by atoms with van der Waals surface area (Å²) in [4.78, 5) is 12.1. The van der Waals surface area contributed by atoms with Gasteiger partial charge in [0.25, 0.3) is 5.91 Å². The molecule has 16 heavy (non-hydrogen) atoms. The summed E-state index contributed by atoms with van der Waals surface area (Å²) in [5.41, 5.74) is 3.26. The lowest BCUT2D eigenvalue weighted by atomic mass is 10.2. The second-order valence-electron chi connectivity index (χ2n) is 3.98. The van der Waals surface area contributed by atoms with E-state index in [1.807, 2.05) is 23.2 Å². The fourth-order valence-electron chi connectivity index (χ4n) is 1.22. The van der Waals surface area contributed by atoms with E-state index < -0.39 is 0 Å². The molecule has 90 valence electrons. The van der Waals surface area contributed by atoms with Crippen molar-refractivity contribution in [2.24, 2.45) is 11.8 Å². The lowest BCUT2D eigenvalue weighted by molar-refractivity contribution is 0.0957. The maximum Gasteiger partial charge on any atom is 0.275 e. The summed E-state index contributed by atoms with van der Waals surface area (Å²) in [6.07, 6.45) is 1.22. The van der Waals surface area contributed by atoms with Gasteiger partial charge in [0.15, 0.2) is 0 Å². The Kier molecular flexibility index (Phi) is 5.87. The van der Waals surface area contributed by atoms with Gasteiger partial charge in [0, 0.05) is 5.75 Å². The van der Waals surface area contributed by atoms with Crippen molar-refractivity contribution in [3.8, 4) is 0 Å². The highest BCUT2D eigenvalue weighted by Gasteiger charge is 2.11. The van der Waals surface area contributed by atoms with E-state index in [0.717, 1.165) is 27.9 Å². The van der Waals surface area contributed by atoms with Gasteiger partial charge in [-0.15, -0.1) is 11.3 Å². The molecule has 0 unspecified atom stereocenters.